The molecule has 0 aliphatic rings. The van der Waals surface area contributed by atoms with E-state index in [0.717, 1.165) is 12.8 Å². The van der Waals surface area contributed by atoms with Crippen LogP contribution >= 0.6 is 0 Å². The SMILES string of the molecule is CCC(CO)C(c1ccc(CC(C)C)cc1)N(C)C. The van der Waals surface area contributed by atoms with Crippen molar-refractivity contribution in [1.29, 1.82) is 0 Å². The van der Waals surface area contributed by atoms with Gasteiger partial charge in [0.25, 0.3) is 0 Å². The first-order valence-corrected chi connectivity index (χ1v) is 7.35. The predicted molar refractivity (Wildman–Crippen MR) is 82.3 cm³/mol. The molecule has 0 aliphatic heterocycles. The highest BCUT2D eigenvalue weighted by Gasteiger charge is 2.23. The molecule has 1 aromatic carbocycles. The summed E-state index contributed by atoms with van der Waals surface area (Å²) in [6, 6.07) is 9.20. The molecule has 108 valence electrons. The van der Waals surface area contributed by atoms with Crippen molar-refractivity contribution in [2.24, 2.45) is 11.8 Å². The first-order valence-electron chi connectivity index (χ1n) is 7.35. The molecule has 2 unspecified atom stereocenters. The van der Waals surface area contributed by atoms with E-state index in [1.54, 1.807) is 0 Å². The maximum atomic E-state index is 9.55. The lowest BCUT2D eigenvalue weighted by Gasteiger charge is -2.31. The van der Waals surface area contributed by atoms with E-state index < -0.39 is 0 Å². The molecular weight excluding hydrogens is 234 g/mol. The van der Waals surface area contributed by atoms with Gasteiger partial charge in [0.2, 0.25) is 0 Å². The van der Waals surface area contributed by atoms with E-state index in [-0.39, 0.29) is 6.61 Å². The number of rotatable bonds is 7. The minimum Gasteiger partial charge on any atom is -0.396 e. The third-order valence-electron chi connectivity index (χ3n) is 3.73. The maximum Gasteiger partial charge on any atom is 0.0477 e. The zero-order valence-corrected chi connectivity index (χ0v) is 13.1. The summed E-state index contributed by atoms with van der Waals surface area (Å²) >= 11 is 0. The molecule has 0 fully saturated rings. The molecule has 2 nitrogen and oxygen atoms in total. The smallest absolute Gasteiger partial charge is 0.0477 e. The fourth-order valence-corrected chi connectivity index (χ4v) is 2.77. The van der Waals surface area contributed by atoms with Gasteiger partial charge in [0.1, 0.15) is 0 Å². The van der Waals surface area contributed by atoms with E-state index in [9.17, 15) is 5.11 Å². The molecule has 0 amide bonds. The Labute approximate surface area is 118 Å². The molecule has 0 spiro atoms. The van der Waals surface area contributed by atoms with Gasteiger partial charge in [0.15, 0.2) is 0 Å². The molecule has 0 radical (unpaired) electrons. The lowest BCUT2D eigenvalue weighted by Crippen LogP contribution is -2.29. The second-order valence-corrected chi connectivity index (χ2v) is 6.10. The summed E-state index contributed by atoms with van der Waals surface area (Å²) in [5.74, 6) is 0.988. The number of hydrogen-bond acceptors (Lipinski definition) is 2. The van der Waals surface area contributed by atoms with Crippen molar-refractivity contribution >= 4 is 0 Å². The van der Waals surface area contributed by atoms with E-state index >= 15 is 0 Å². The molecule has 0 aromatic heterocycles. The van der Waals surface area contributed by atoms with Gasteiger partial charge in [-0.3, -0.25) is 0 Å². The average Bonchev–Trinajstić information content (AvgIpc) is 2.36. The van der Waals surface area contributed by atoms with Crippen LogP contribution in [0, 0.1) is 11.8 Å². The van der Waals surface area contributed by atoms with Crippen molar-refractivity contribution in [3.63, 3.8) is 0 Å². The van der Waals surface area contributed by atoms with Crippen LogP contribution in [0.15, 0.2) is 24.3 Å². The van der Waals surface area contributed by atoms with Crippen LogP contribution < -0.4 is 0 Å². The van der Waals surface area contributed by atoms with Crippen LogP contribution in [0.5, 0.6) is 0 Å². The van der Waals surface area contributed by atoms with Crippen molar-refractivity contribution in [3.05, 3.63) is 35.4 Å². The van der Waals surface area contributed by atoms with E-state index in [2.05, 4.69) is 64.0 Å². The summed E-state index contributed by atoms with van der Waals surface area (Å²) in [5.41, 5.74) is 2.70. The fraction of sp³-hybridized carbons (Fsp3) is 0.647. The van der Waals surface area contributed by atoms with Crippen molar-refractivity contribution in [3.8, 4) is 0 Å². The van der Waals surface area contributed by atoms with Crippen LogP contribution in [0.25, 0.3) is 0 Å². The summed E-state index contributed by atoms with van der Waals surface area (Å²) < 4.78 is 0. The van der Waals surface area contributed by atoms with E-state index in [1.807, 2.05) is 0 Å². The molecule has 1 N–H and O–H groups in total. The number of nitrogens with zero attached hydrogens (tertiary/aromatic N) is 1. The van der Waals surface area contributed by atoms with E-state index in [4.69, 9.17) is 0 Å². The van der Waals surface area contributed by atoms with Crippen molar-refractivity contribution in [2.75, 3.05) is 20.7 Å². The second-order valence-electron chi connectivity index (χ2n) is 6.10. The quantitative estimate of drug-likeness (QED) is 0.814. The summed E-state index contributed by atoms with van der Waals surface area (Å²) in [4.78, 5) is 2.21. The maximum absolute atomic E-state index is 9.55. The largest absolute Gasteiger partial charge is 0.396 e. The topological polar surface area (TPSA) is 23.5 Å². The highest BCUT2D eigenvalue weighted by Crippen LogP contribution is 2.29. The highest BCUT2D eigenvalue weighted by molar-refractivity contribution is 5.26. The zero-order valence-electron chi connectivity index (χ0n) is 13.1. The van der Waals surface area contributed by atoms with E-state index in [0.29, 0.717) is 17.9 Å². The molecule has 2 heteroatoms. The molecule has 0 saturated heterocycles. The van der Waals surface area contributed by atoms with E-state index in [1.165, 1.54) is 11.1 Å². The van der Waals surface area contributed by atoms with Crippen LogP contribution in [0.1, 0.15) is 44.4 Å². The normalized spacial score (nSPS) is 14.9. The molecule has 1 rings (SSSR count). The van der Waals surface area contributed by atoms with Crippen LogP contribution in [0.2, 0.25) is 0 Å². The van der Waals surface area contributed by atoms with Crippen LogP contribution in [0.3, 0.4) is 0 Å². The minimum absolute atomic E-state index is 0.243. The molecule has 0 saturated carbocycles. The third-order valence-corrected chi connectivity index (χ3v) is 3.73. The Hall–Kier alpha value is -0.860. The van der Waals surface area contributed by atoms with Crippen LogP contribution in [-0.4, -0.2) is 30.7 Å². The lowest BCUT2D eigenvalue weighted by molar-refractivity contribution is 0.130. The first-order chi connectivity index (χ1) is 8.99. The van der Waals surface area contributed by atoms with Gasteiger partial charge in [-0.05, 0) is 44.0 Å². The monoisotopic (exact) mass is 263 g/mol. The van der Waals surface area contributed by atoms with Gasteiger partial charge < -0.3 is 10.0 Å². The van der Waals surface area contributed by atoms with Crippen molar-refractivity contribution in [2.45, 2.75) is 39.7 Å². The van der Waals surface area contributed by atoms with Gasteiger partial charge in [-0.15, -0.1) is 0 Å². The van der Waals surface area contributed by atoms with Crippen LogP contribution in [0.4, 0.5) is 0 Å². The molecule has 0 heterocycles. The van der Waals surface area contributed by atoms with Crippen molar-refractivity contribution in [1.82, 2.24) is 4.90 Å². The molecule has 1 aromatic rings. The third kappa shape index (κ3) is 4.63. The number of aliphatic hydroxyl groups excluding tert-OH is 1. The Morgan fingerprint density at radius 3 is 2.05 bits per heavy atom. The molecule has 2 atom stereocenters. The standard InChI is InChI=1S/C17H29NO/c1-6-15(12-19)17(18(4)5)16-9-7-14(8-10-16)11-13(2)3/h7-10,13,15,17,19H,6,11-12H2,1-5H3. The number of hydrogen-bond donors (Lipinski definition) is 1. The Balaban J connectivity index is 2.91. The first kappa shape index (κ1) is 16.2. The summed E-state index contributed by atoms with van der Waals surface area (Å²) in [6.45, 7) is 6.88. The predicted octanol–water partition coefficient (Wildman–Crippen LogP) is 3.51. The average molecular weight is 263 g/mol. The van der Waals surface area contributed by atoms with Gasteiger partial charge >= 0.3 is 0 Å². The van der Waals surface area contributed by atoms with Gasteiger partial charge in [0.05, 0.1) is 0 Å². The lowest BCUT2D eigenvalue weighted by atomic mass is 9.89. The molecule has 0 aliphatic carbocycles. The number of benzene rings is 1. The Morgan fingerprint density at radius 2 is 1.68 bits per heavy atom. The van der Waals surface area contributed by atoms with Crippen LogP contribution in [-0.2, 0) is 6.42 Å². The van der Waals surface area contributed by atoms with Gasteiger partial charge in [-0.1, -0.05) is 45.0 Å². The summed E-state index contributed by atoms with van der Waals surface area (Å²) in [5, 5.41) is 9.55. The highest BCUT2D eigenvalue weighted by atomic mass is 16.3. The Kier molecular flexibility index (Phi) is 6.53. The zero-order chi connectivity index (χ0) is 14.4. The Morgan fingerprint density at radius 1 is 1.11 bits per heavy atom. The molecule has 19 heavy (non-hydrogen) atoms. The second kappa shape index (κ2) is 7.66. The minimum atomic E-state index is 0.243. The van der Waals surface area contributed by atoms with Gasteiger partial charge in [-0.25, -0.2) is 0 Å². The van der Waals surface area contributed by atoms with Gasteiger partial charge in [0, 0.05) is 18.6 Å². The van der Waals surface area contributed by atoms with Gasteiger partial charge in [-0.2, -0.15) is 0 Å². The number of aliphatic hydroxyl groups is 1. The molecular formula is C17H29NO. The summed E-state index contributed by atoms with van der Waals surface area (Å²) in [6.07, 6.45) is 2.12. The molecule has 0 bridgehead atoms. The Bertz CT molecular complexity index is 352. The summed E-state index contributed by atoms with van der Waals surface area (Å²) in [7, 11) is 4.18. The fourth-order valence-electron chi connectivity index (χ4n) is 2.77. The van der Waals surface area contributed by atoms with Crippen molar-refractivity contribution < 1.29 is 5.11 Å².